The van der Waals surface area contributed by atoms with Gasteiger partial charge in [0.15, 0.2) is 0 Å². The van der Waals surface area contributed by atoms with Crippen molar-refractivity contribution in [3.8, 4) is 0 Å². The summed E-state index contributed by atoms with van der Waals surface area (Å²) in [5.74, 6) is -2.39. The number of ether oxygens (including phenoxy) is 1. The number of carbonyl (C=O) groups excluding carboxylic acids is 2. The van der Waals surface area contributed by atoms with Crippen molar-refractivity contribution in [1.82, 2.24) is 5.32 Å². The number of aliphatic hydroxyl groups excluding tert-OH is 1. The van der Waals surface area contributed by atoms with Crippen LogP contribution in [0.2, 0.25) is 0 Å². The van der Waals surface area contributed by atoms with Gasteiger partial charge in [0, 0.05) is 0 Å². The van der Waals surface area contributed by atoms with Crippen LogP contribution in [0.4, 0.5) is 0 Å². The van der Waals surface area contributed by atoms with Crippen LogP contribution in [-0.2, 0) is 14.3 Å². The number of hydrogen-bond acceptors (Lipinski definition) is 5. The number of fused-ring (bicyclic) bond motifs is 2. The van der Waals surface area contributed by atoms with Crippen molar-refractivity contribution >= 4 is 11.9 Å². The summed E-state index contributed by atoms with van der Waals surface area (Å²) in [5, 5.41) is 23.0. The number of amides is 1. The maximum absolute atomic E-state index is 12.0. The Hall–Kier alpha value is -1.40. The number of piperidine rings is 1. The molecule has 130 valence electrons. The lowest BCUT2D eigenvalue weighted by Gasteiger charge is -2.33. The molecule has 1 amide bonds. The third-order valence-corrected chi connectivity index (χ3v) is 4.73. The molecule has 0 aromatic heterocycles. The van der Waals surface area contributed by atoms with Crippen molar-refractivity contribution in [2.75, 3.05) is 0 Å². The number of aliphatic hydroxyl groups is 2. The molecule has 0 spiro atoms. The summed E-state index contributed by atoms with van der Waals surface area (Å²) in [6.45, 7) is 3.88. The Bertz CT molecular complexity index is 478. The summed E-state index contributed by atoms with van der Waals surface area (Å²) in [4.78, 5) is 23.8. The van der Waals surface area contributed by atoms with E-state index in [0.29, 0.717) is 6.42 Å². The van der Waals surface area contributed by atoms with Gasteiger partial charge in [-0.25, -0.2) is 4.79 Å². The fraction of sp³-hybridized carbons (Fsp3) is 0.765. The Labute approximate surface area is 136 Å². The van der Waals surface area contributed by atoms with Crippen LogP contribution in [0.15, 0.2) is 12.2 Å². The van der Waals surface area contributed by atoms with Crippen molar-refractivity contribution in [3.05, 3.63) is 12.2 Å². The van der Waals surface area contributed by atoms with E-state index < -0.39 is 35.6 Å². The first kappa shape index (κ1) is 17.9. The molecule has 5 atom stereocenters. The maximum atomic E-state index is 12.0. The molecule has 2 aliphatic rings. The van der Waals surface area contributed by atoms with Crippen molar-refractivity contribution < 1.29 is 24.5 Å². The van der Waals surface area contributed by atoms with E-state index in [2.05, 4.69) is 12.2 Å². The van der Waals surface area contributed by atoms with E-state index in [4.69, 9.17) is 4.74 Å². The summed E-state index contributed by atoms with van der Waals surface area (Å²) in [6, 6.07) is -0.366. The maximum Gasteiger partial charge on any atom is 0.349 e. The lowest BCUT2D eigenvalue weighted by atomic mass is 9.79. The van der Waals surface area contributed by atoms with Crippen LogP contribution in [0.25, 0.3) is 0 Å². The predicted octanol–water partition coefficient (Wildman–Crippen LogP) is 1.05. The highest BCUT2D eigenvalue weighted by atomic mass is 16.6. The third kappa shape index (κ3) is 3.58. The van der Waals surface area contributed by atoms with Gasteiger partial charge in [-0.15, -0.1) is 0 Å². The Balaban J connectivity index is 1.93. The highest BCUT2D eigenvalue weighted by Crippen LogP contribution is 2.38. The Morgan fingerprint density at radius 2 is 2.00 bits per heavy atom. The molecule has 2 unspecified atom stereocenters. The molecule has 2 aliphatic heterocycles. The van der Waals surface area contributed by atoms with Crippen molar-refractivity contribution in [2.24, 2.45) is 5.92 Å². The molecule has 2 fully saturated rings. The van der Waals surface area contributed by atoms with E-state index >= 15 is 0 Å². The quantitative estimate of drug-likeness (QED) is 0.268. The van der Waals surface area contributed by atoms with Gasteiger partial charge in [0.1, 0.15) is 6.10 Å². The molecule has 6 heteroatoms. The smallest absolute Gasteiger partial charge is 0.349 e. The Morgan fingerprint density at radius 3 is 2.70 bits per heavy atom. The summed E-state index contributed by atoms with van der Waals surface area (Å²) in [7, 11) is 0. The highest BCUT2D eigenvalue weighted by molar-refractivity contribution is 6.09. The van der Waals surface area contributed by atoms with Crippen LogP contribution in [0.3, 0.4) is 0 Å². The van der Waals surface area contributed by atoms with Crippen molar-refractivity contribution in [1.29, 1.82) is 0 Å². The highest BCUT2D eigenvalue weighted by Gasteiger charge is 2.65. The van der Waals surface area contributed by atoms with Crippen LogP contribution in [0.1, 0.15) is 52.4 Å². The summed E-state index contributed by atoms with van der Waals surface area (Å²) in [6.07, 6.45) is 8.06. The van der Waals surface area contributed by atoms with E-state index in [-0.39, 0.29) is 6.04 Å². The largest absolute Gasteiger partial charge is 0.457 e. The van der Waals surface area contributed by atoms with Crippen LogP contribution < -0.4 is 5.32 Å². The molecule has 0 radical (unpaired) electrons. The number of unbranched alkanes of at least 4 members (excludes halogenated alkanes) is 4. The topological polar surface area (TPSA) is 95.9 Å². The van der Waals surface area contributed by atoms with Gasteiger partial charge in [-0.2, -0.15) is 0 Å². The number of carbonyl (C=O) groups is 2. The van der Waals surface area contributed by atoms with Crippen LogP contribution in [0.5, 0.6) is 0 Å². The fourth-order valence-corrected chi connectivity index (χ4v) is 3.27. The first-order valence-corrected chi connectivity index (χ1v) is 8.52. The molecule has 2 bridgehead atoms. The van der Waals surface area contributed by atoms with E-state index in [1.165, 1.54) is 12.8 Å². The lowest BCUT2D eigenvalue weighted by Crippen LogP contribution is -2.62. The third-order valence-electron chi connectivity index (χ3n) is 4.73. The molecule has 3 N–H and O–H groups in total. The first-order chi connectivity index (χ1) is 10.9. The van der Waals surface area contributed by atoms with Crippen molar-refractivity contribution in [3.63, 3.8) is 0 Å². The van der Waals surface area contributed by atoms with Gasteiger partial charge in [0.25, 0.3) is 11.5 Å². The van der Waals surface area contributed by atoms with Gasteiger partial charge in [-0.3, -0.25) is 4.79 Å². The van der Waals surface area contributed by atoms with Gasteiger partial charge in [0.05, 0.1) is 18.1 Å². The summed E-state index contributed by atoms with van der Waals surface area (Å²) in [5.41, 5.74) is -2.17. The van der Waals surface area contributed by atoms with Gasteiger partial charge < -0.3 is 20.3 Å². The SMILES string of the molecule is CCCCCCCC(O)/C=C/[C@@H]1[C@@H]2OC(=O)[C@@]1(O)C(=O)NC2C. The molecule has 2 rings (SSSR count). The molecular weight excluding hydrogens is 298 g/mol. The van der Waals surface area contributed by atoms with Crippen LogP contribution in [-0.4, -0.2) is 45.9 Å². The lowest BCUT2D eigenvalue weighted by molar-refractivity contribution is -0.160. The average Bonchev–Trinajstić information content (AvgIpc) is 2.73. The molecule has 6 nitrogen and oxygen atoms in total. The van der Waals surface area contributed by atoms with E-state index in [1.54, 1.807) is 19.1 Å². The minimum absolute atomic E-state index is 0.366. The van der Waals surface area contributed by atoms with Gasteiger partial charge >= 0.3 is 5.97 Å². The Morgan fingerprint density at radius 1 is 1.30 bits per heavy atom. The van der Waals surface area contributed by atoms with E-state index in [0.717, 1.165) is 19.3 Å². The van der Waals surface area contributed by atoms with Gasteiger partial charge in [-0.1, -0.05) is 51.2 Å². The van der Waals surface area contributed by atoms with E-state index in [9.17, 15) is 19.8 Å². The molecule has 2 saturated heterocycles. The van der Waals surface area contributed by atoms with Crippen LogP contribution in [0, 0.1) is 5.92 Å². The molecule has 0 aromatic carbocycles. The summed E-state index contributed by atoms with van der Waals surface area (Å²) >= 11 is 0. The Kier molecular flexibility index (Phi) is 5.81. The normalized spacial score (nSPS) is 34.5. The fourth-order valence-electron chi connectivity index (χ4n) is 3.27. The number of esters is 1. The second-order valence-corrected chi connectivity index (χ2v) is 6.58. The zero-order valence-electron chi connectivity index (χ0n) is 13.8. The second-order valence-electron chi connectivity index (χ2n) is 6.58. The minimum Gasteiger partial charge on any atom is -0.457 e. The zero-order valence-corrected chi connectivity index (χ0v) is 13.8. The molecule has 0 aliphatic carbocycles. The standard InChI is InChI=1S/C17H27NO5/c1-3-4-5-6-7-8-12(19)9-10-13-14-11(2)18-15(20)17(13,22)16(21)23-14/h9-14,19,22H,3-8H2,1-2H3,(H,18,20)/b10-9+/t11?,12?,13-,14-,17+/m1/s1. The minimum atomic E-state index is -2.17. The molecule has 2 heterocycles. The monoisotopic (exact) mass is 325 g/mol. The number of nitrogens with one attached hydrogen (secondary N) is 1. The number of rotatable bonds is 8. The average molecular weight is 325 g/mol. The molecular formula is C17H27NO5. The van der Waals surface area contributed by atoms with Gasteiger partial charge in [0.2, 0.25) is 0 Å². The molecule has 23 heavy (non-hydrogen) atoms. The van der Waals surface area contributed by atoms with Crippen molar-refractivity contribution in [2.45, 2.75) is 76.2 Å². The number of hydrogen-bond donors (Lipinski definition) is 3. The molecule has 0 saturated carbocycles. The van der Waals surface area contributed by atoms with Crippen LogP contribution >= 0.6 is 0 Å². The summed E-state index contributed by atoms with van der Waals surface area (Å²) < 4.78 is 5.14. The second kappa shape index (κ2) is 7.45. The van der Waals surface area contributed by atoms with E-state index in [1.807, 2.05) is 0 Å². The molecule has 0 aromatic rings. The first-order valence-electron chi connectivity index (χ1n) is 8.52. The zero-order chi connectivity index (χ0) is 17.0. The van der Waals surface area contributed by atoms with Gasteiger partial charge in [-0.05, 0) is 13.3 Å². The predicted molar refractivity (Wildman–Crippen MR) is 84.4 cm³/mol.